The van der Waals surface area contributed by atoms with E-state index < -0.39 is 41.5 Å². The van der Waals surface area contributed by atoms with E-state index in [1.54, 1.807) is 0 Å². The minimum atomic E-state index is -1.51. The molecular formula is C29H31NO8. The summed E-state index contributed by atoms with van der Waals surface area (Å²) in [4.78, 5) is 23.6. The minimum Gasteiger partial charge on any atom is -0.428 e. The highest BCUT2D eigenvalue weighted by molar-refractivity contribution is 5.66. The van der Waals surface area contributed by atoms with E-state index in [4.69, 9.17) is 23.7 Å². The van der Waals surface area contributed by atoms with Gasteiger partial charge in [-0.3, -0.25) is 14.9 Å². The zero-order chi connectivity index (χ0) is 26.7. The van der Waals surface area contributed by atoms with Gasteiger partial charge in [0, 0.05) is 11.8 Å². The Hall–Kier alpha value is -3.63. The Morgan fingerprint density at radius 2 is 1.26 bits per heavy atom. The fourth-order valence-corrected chi connectivity index (χ4v) is 4.30. The van der Waals surface area contributed by atoms with Gasteiger partial charge in [0.15, 0.2) is 6.10 Å². The maximum Gasteiger partial charge on any atom is 0.305 e. The molecule has 0 saturated carbocycles. The Kier molecular flexibility index (Phi) is 9.94. The van der Waals surface area contributed by atoms with Gasteiger partial charge in [0.1, 0.15) is 12.2 Å². The van der Waals surface area contributed by atoms with Crippen molar-refractivity contribution in [1.29, 1.82) is 0 Å². The molecule has 4 rings (SSSR count). The number of carbonyl (C=O) groups excluding carboxylic acids is 1. The summed E-state index contributed by atoms with van der Waals surface area (Å²) in [6, 6.07) is 26.9. The van der Waals surface area contributed by atoms with Crippen molar-refractivity contribution in [2.24, 2.45) is 0 Å². The van der Waals surface area contributed by atoms with Crippen LogP contribution in [-0.2, 0) is 48.3 Å². The molecule has 9 nitrogen and oxygen atoms in total. The van der Waals surface area contributed by atoms with E-state index in [2.05, 4.69) is 0 Å². The molecule has 0 aromatic heterocycles. The molecule has 0 bridgehead atoms. The van der Waals surface area contributed by atoms with Crippen molar-refractivity contribution < 1.29 is 33.4 Å². The van der Waals surface area contributed by atoms with Crippen LogP contribution < -0.4 is 0 Å². The molecule has 1 fully saturated rings. The van der Waals surface area contributed by atoms with Crippen LogP contribution in [0.5, 0.6) is 0 Å². The molecule has 1 aliphatic rings. The van der Waals surface area contributed by atoms with Gasteiger partial charge in [-0.2, -0.15) is 0 Å². The quantitative estimate of drug-likeness (QED) is 0.197. The van der Waals surface area contributed by atoms with Crippen molar-refractivity contribution in [3.8, 4) is 0 Å². The number of hydrogen-bond acceptors (Lipinski definition) is 8. The highest BCUT2D eigenvalue weighted by Crippen LogP contribution is 2.30. The lowest BCUT2D eigenvalue weighted by atomic mass is 9.96. The van der Waals surface area contributed by atoms with Gasteiger partial charge in [-0.25, -0.2) is 0 Å². The number of ether oxygens (including phenoxy) is 5. The Morgan fingerprint density at radius 3 is 1.74 bits per heavy atom. The molecule has 200 valence electrons. The van der Waals surface area contributed by atoms with E-state index in [1.165, 1.54) is 6.92 Å². The fourth-order valence-electron chi connectivity index (χ4n) is 4.30. The molecule has 0 aliphatic carbocycles. The van der Waals surface area contributed by atoms with Gasteiger partial charge in [0.05, 0.1) is 26.4 Å². The summed E-state index contributed by atoms with van der Waals surface area (Å²) in [6.45, 7) is 1.81. The first-order valence-electron chi connectivity index (χ1n) is 12.4. The number of benzene rings is 3. The van der Waals surface area contributed by atoms with Crippen LogP contribution in [0.3, 0.4) is 0 Å². The van der Waals surface area contributed by atoms with Crippen LogP contribution in [0.2, 0.25) is 0 Å². The molecule has 0 radical (unpaired) electrons. The van der Waals surface area contributed by atoms with Crippen LogP contribution >= 0.6 is 0 Å². The van der Waals surface area contributed by atoms with Crippen LogP contribution in [0.25, 0.3) is 0 Å². The first kappa shape index (κ1) is 27.4. The molecule has 1 aliphatic heterocycles. The normalized spacial score (nSPS) is 23.0. The monoisotopic (exact) mass is 521 g/mol. The van der Waals surface area contributed by atoms with E-state index in [9.17, 15) is 14.9 Å². The Morgan fingerprint density at radius 1 is 0.789 bits per heavy atom. The van der Waals surface area contributed by atoms with Gasteiger partial charge in [0.25, 0.3) is 6.29 Å². The minimum absolute atomic E-state index is 0.0434. The number of rotatable bonds is 12. The van der Waals surface area contributed by atoms with Crippen molar-refractivity contribution in [1.82, 2.24) is 0 Å². The maximum atomic E-state index is 12.3. The van der Waals surface area contributed by atoms with Crippen LogP contribution in [0.4, 0.5) is 0 Å². The second-order valence-electron chi connectivity index (χ2n) is 8.95. The second kappa shape index (κ2) is 13.8. The average Bonchev–Trinajstić information content (AvgIpc) is 2.92. The predicted molar refractivity (Wildman–Crippen MR) is 137 cm³/mol. The lowest BCUT2D eigenvalue weighted by Crippen LogP contribution is -2.63. The molecule has 0 N–H and O–H groups in total. The van der Waals surface area contributed by atoms with Gasteiger partial charge < -0.3 is 23.7 Å². The molecule has 1 saturated heterocycles. The molecule has 0 spiro atoms. The van der Waals surface area contributed by atoms with Gasteiger partial charge in [0.2, 0.25) is 0 Å². The number of carbonyl (C=O) groups is 1. The van der Waals surface area contributed by atoms with Crippen molar-refractivity contribution in [2.45, 2.75) is 57.4 Å². The topological polar surface area (TPSA) is 106 Å². The van der Waals surface area contributed by atoms with E-state index >= 15 is 0 Å². The third-order valence-electron chi connectivity index (χ3n) is 6.10. The lowest BCUT2D eigenvalue weighted by molar-refractivity contribution is -0.574. The van der Waals surface area contributed by atoms with Crippen LogP contribution in [0, 0.1) is 10.1 Å². The first-order chi connectivity index (χ1) is 18.5. The van der Waals surface area contributed by atoms with Crippen LogP contribution in [0.1, 0.15) is 23.6 Å². The molecule has 1 heterocycles. The predicted octanol–water partition coefficient (Wildman–Crippen LogP) is 4.31. The molecule has 5 atom stereocenters. The summed E-state index contributed by atoms with van der Waals surface area (Å²) in [7, 11) is 0. The van der Waals surface area contributed by atoms with Crippen LogP contribution in [-0.4, -0.2) is 48.1 Å². The lowest BCUT2D eigenvalue weighted by Gasteiger charge is -2.41. The number of nitro groups is 1. The van der Waals surface area contributed by atoms with Gasteiger partial charge in [-0.15, -0.1) is 0 Å². The van der Waals surface area contributed by atoms with Crippen LogP contribution in [0.15, 0.2) is 91.0 Å². The van der Waals surface area contributed by atoms with Crippen molar-refractivity contribution >= 4 is 5.97 Å². The van der Waals surface area contributed by atoms with E-state index in [0.29, 0.717) is 6.61 Å². The molecule has 3 aromatic rings. The highest BCUT2D eigenvalue weighted by atomic mass is 16.7. The molecule has 3 aromatic carbocycles. The largest absolute Gasteiger partial charge is 0.428 e. The molecule has 0 amide bonds. The Bertz CT molecular complexity index is 1150. The van der Waals surface area contributed by atoms with Gasteiger partial charge >= 0.3 is 12.0 Å². The zero-order valence-electron chi connectivity index (χ0n) is 21.1. The summed E-state index contributed by atoms with van der Waals surface area (Å²) >= 11 is 0. The number of hydrogen-bond donors (Lipinski definition) is 0. The standard InChI is InChI=1S/C29H31NO8/c1-21(31)37-29-26(30(32)33)28(36-19-24-15-9-4-10-16-24)27(35-18-23-13-7-3-8-14-23)25(38-29)20-34-17-22-11-5-2-6-12-22/h2-16,25-29H,17-20H2,1H3/t25-,26-,27+,28-,29+/m1/s1. The average molecular weight is 522 g/mol. The number of nitrogens with zero attached hydrogens (tertiary/aromatic N) is 1. The van der Waals surface area contributed by atoms with Crippen molar-refractivity contribution in [3.05, 3.63) is 118 Å². The van der Waals surface area contributed by atoms with Gasteiger partial charge in [-0.1, -0.05) is 91.0 Å². The summed E-state index contributed by atoms with van der Waals surface area (Å²) in [5.74, 6) is -0.698. The Balaban J connectivity index is 1.59. The third-order valence-corrected chi connectivity index (χ3v) is 6.10. The molecular weight excluding hydrogens is 490 g/mol. The maximum absolute atomic E-state index is 12.3. The van der Waals surface area contributed by atoms with Crippen molar-refractivity contribution in [2.75, 3.05) is 6.61 Å². The molecule has 0 unspecified atom stereocenters. The molecule has 9 heteroatoms. The van der Waals surface area contributed by atoms with Gasteiger partial charge in [-0.05, 0) is 16.7 Å². The summed E-state index contributed by atoms with van der Waals surface area (Å²) in [5, 5.41) is 12.3. The summed E-state index contributed by atoms with van der Waals surface area (Å²) < 4.78 is 29.6. The zero-order valence-corrected chi connectivity index (χ0v) is 21.1. The third kappa shape index (κ3) is 7.69. The number of esters is 1. The molecule has 38 heavy (non-hydrogen) atoms. The summed E-state index contributed by atoms with van der Waals surface area (Å²) in [6.07, 6.45) is -4.23. The fraction of sp³-hybridized carbons (Fsp3) is 0.345. The smallest absolute Gasteiger partial charge is 0.305 e. The van der Waals surface area contributed by atoms with E-state index in [0.717, 1.165) is 16.7 Å². The van der Waals surface area contributed by atoms with E-state index in [1.807, 2.05) is 91.0 Å². The first-order valence-corrected chi connectivity index (χ1v) is 12.4. The summed E-state index contributed by atoms with van der Waals surface area (Å²) in [5.41, 5.74) is 2.68. The van der Waals surface area contributed by atoms with E-state index in [-0.39, 0.29) is 19.8 Å². The Labute approximate surface area is 221 Å². The second-order valence-corrected chi connectivity index (χ2v) is 8.95. The van der Waals surface area contributed by atoms with Crippen molar-refractivity contribution in [3.63, 3.8) is 0 Å². The highest BCUT2D eigenvalue weighted by Gasteiger charge is 2.55. The SMILES string of the molecule is CC(=O)O[C@H]1O[C@H](COCc2ccccc2)[C@H](OCc2ccccc2)[C@H](OCc2ccccc2)[C@H]1[N+](=O)[O-].